The highest BCUT2D eigenvalue weighted by Gasteiger charge is 2.20. The molecule has 0 saturated heterocycles. The Balaban J connectivity index is 3.84. The molecule has 0 aliphatic rings. The van der Waals surface area contributed by atoms with Crippen molar-refractivity contribution < 1.29 is 0 Å². The molecule has 84 valence electrons. The Bertz CT molecular complexity index is 182. The molecule has 2 nitrogen and oxygen atoms in total. The van der Waals surface area contributed by atoms with E-state index in [1.165, 1.54) is 0 Å². The van der Waals surface area contributed by atoms with Gasteiger partial charge >= 0.3 is 0 Å². The molecule has 0 rings (SSSR count). The van der Waals surface area contributed by atoms with Crippen LogP contribution in [0.5, 0.6) is 0 Å². The summed E-state index contributed by atoms with van der Waals surface area (Å²) in [7, 11) is 0. The van der Waals surface area contributed by atoms with Crippen molar-refractivity contribution in [2.24, 2.45) is 11.3 Å². The summed E-state index contributed by atoms with van der Waals surface area (Å²) in [6, 6.07) is 0.384. The summed E-state index contributed by atoms with van der Waals surface area (Å²) in [5, 5.41) is 7.27. The lowest BCUT2D eigenvalue weighted by Crippen LogP contribution is -2.46. The van der Waals surface area contributed by atoms with Crippen LogP contribution in [0.2, 0.25) is 0 Å². The van der Waals surface area contributed by atoms with Gasteiger partial charge in [0.05, 0.1) is 0 Å². The summed E-state index contributed by atoms with van der Waals surface area (Å²) in [5.41, 5.74) is 0.240. The molecule has 0 amide bonds. The fraction of sp³-hybridized carbons (Fsp3) is 0.909. The molecule has 0 bridgehead atoms. The van der Waals surface area contributed by atoms with Crippen molar-refractivity contribution >= 4 is 17.3 Å². The summed E-state index contributed by atoms with van der Waals surface area (Å²) in [5.74, 6) is 0.625. The van der Waals surface area contributed by atoms with Gasteiger partial charge in [0.25, 0.3) is 0 Å². The largest absolute Gasteiger partial charge is 0.362 e. The van der Waals surface area contributed by atoms with Crippen LogP contribution in [-0.2, 0) is 0 Å². The van der Waals surface area contributed by atoms with Crippen LogP contribution in [-0.4, -0.2) is 17.7 Å². The van der Waals surface area contributed by atoms with E-state index in [1.54, 1.807) is 0 Å². The molecule has 3 heteroatoms. The van der Waals surface area contributed by atoms with E-state index in [2.05, 4.69) is 52.2 Å². The van der Waals surface area contributed by atoms with Crippen molar-refractivity contribution in [3.63, 3.8) is 0 Å². The van der Waals surface area contributed by atoms with E-state index in [4.69, 9.17) is 12.2 Å². The van der Waals surface area contributed by atoms with Gasteiger partial charge in [-0.2, -0.15) is 0 Å². The first-order valence-corrected chi connectivity index (χ1v) is 5.68. The number of hydrogen-bond acceptors (Lipinski definition) is 1. The molecule has 0 aromatic rings. The zero-order chi connectivity index (χ0) is 11.4. The summed E-state index contributed by atoms with van der Waals surface area (Å²) in [4.78, 5) is 0. The lowest BCUT2D eigenvalue weighted by molar-refractivity contribution is 0.315. The minimum Gasteiger partial charge on any atom is -0.362 e. The molecule has 0 aliphatic carbocycles. The first-order valence-electron chi connectivity index (χ1n) is 5.28. The van der Waals surface area contributed by atoms with E-state index >= 15 is 0 Å². The Labute approximate surface area is 93.8 Å². The van der Waals surface area contributed by atoms with Crippen molar-refractivity contribution in [3.05, 3.63) is 0 Å². The fourth-order valence-electron chi connectivity index (χ4n) is 0.761. The second-order valence-electron chi connectivity index (χ2n) is 5.34. The Morgan fingerprint density at radius 3 is 2.07 bits per heavy atom. The van der Waals surface area contributed by atoms with Gasteiger partial charge in [-0.15, -0.1) is 0 Å². The maximum absolute atomic E-state index is 5.20. The van der Waals surface area contributed by atoms with E-state index in [9.17, 15) is 0 Å². The molecule has 0 spiro atoms. The molecule has 0 aliphatic heterocycles. The Kier molecular flexibility index (Phi) is 5.42. The van der Waals surface area contributed by atoms with E-state index < -0.39 is 0 Å². The Morgan fingerprint density at radius 2 is 1.71 bits per heavy atom. The normalized spacial score (nSPS) is 13.9. The van der Waals surface area contributed by atoms with E-state index in [1.807, 2.05) is 0 Å². The van der Waals surface area contributed by atoms with Gasteiger partial charge in [-0.1, -0.05) is 34.6 Å². The molecular weight excluding hydrogens is 192 g/mol. The maximum Gasteiger partial charge on any atom is 0.166 e. The topological polar surface area (TPSA) is 24.1 Å². The smallest absolute Gasteiger partial charge is 0.166 e. The molecule has 14 heavy (non-hydrogen) atoms. The van der Waals surface area contributed by atoms with Crippen LogP contribution < -0.4 is 10.6 Å². The summed E-state index contributed by atoms with van der Waals surface area (Å²) in [6.45, 7) is 14.0. The molecule has 2 N–H and O–H groups in total. The van der Waals surface area contributed by atoms with E-state index in [-0.39, 0.29) is 5.41 Å². The predicted octanol–water partition coefficient (Wildman–Crippen LogP) is 2.54. The second-order valence-corrected chi connectivity index (χ2v) is 5.74. The first-order chi connectivity index (χ1) is 6.23. The van der Waals surface area contributed by atoms with Crippen LogP contribution in [0.3, 0.4) is 0 Å². The molecular formula is C11H24N2S. The third kappa shape index (κ3) is 6.19. The van der Waals surface area contributed by atoms with Gasteiger partial charge in [0.15, 0.2) is 5.11 Å². The zero-order valence-corrected chi connectivity index (χ0v) is 11.1. The SMILES string of the molecule is CC(C)CNC(=S)NC(C)C(C)(C)C. The van der Waals surface area contributed by atoms with Gasteiger partial charge in [-0.05, 0) is 30.5 Å². The summed E-state index contributed by atoms with van der Waals surface area (Å²) < 4.78 is 0. The minimum atomic E-state index is 0.240. The van der Waals surface area contributed by atoms with E-state index in [0.29, 0.717) is 12.0 Å². The van der Waals surface area contributed by atoms with Crippen molar-refractivity contribution in [2.75, 3.05) is 6.54 Å². The number of nitrogens with one attached hydrogen (secondary N) is 2. The van der Waals surface area contributed by atoms with Crippen LogP contribution in [0.4, 0.5) is 0 Å². The molecule has 1 unspecified atom stereocenters. The van der Waals surface area contributed by atoms with Gasteiger partial charge in [-0.3, -0.25) is 0 Å². The van der Waals surface area contributed by atoms with Crippen molar-refractivity contribution in [1.82, 2.24) is 10.6 Å². The monoisotopic (exact) mass is 216 g/mol. The van der Waals surface area contributed by atoms with Crippen LogP contribution in [0, 0.1) is 11.3 Å². The molecule has 1 atom stereocenters. The molecule has 0 radical (unpaired) electrons. The zero-order valence-electron chi connectivity index (χ0n) is 10.3. The lowest BCUT2D eigenvalue weighted by atomic mass is 9.88. The highest BCUT2D eigenvalue weighted by atomic mass is 32.1. The van der Waals surface area contributed by atoms with Crippen molar-refractivity contribution in [2.45, 2.75) is 47.6 Å². The van der Waals surface area contributed by atoms with E-state index in [0.717, 1.165) is 11.7 Å². The van der Waals surface area contributed by atoms with Crippen LogP contribution in [0.1, 0.15) is 41.5 Å². The van der Waals surface area contributed by atoms with Crippen LogP contribution in [0.15, 0.2) is 0 Å². The highest BCUT2D eigenvalue weighted by Crippen LogP contribution is 2.18. The van der Waals surface area contributed by atoms with Gasteiger partial charge in [0.1, 0.15) is 0 Å². The number of hydrogen-bond donors (Lipinski definition) is 2. The van der Waals surface area contributed by atoms with Gasteiger partial charge in [-0.25, -0.2) is 0 Å². The quantitative estimate of drug-likeness (QED) is 0.709. The van der Waals surface area contributed by atoms with Crippen molar-refractivity contribution in [1.29, 1.82) is 0 Å². The Hall–Kier alpha value is -0.310. The maximum atomic E-state index is 5.20. The predicted molar refractivity (Wildman–Crippen MR) is 67.5 cm³/mol. The number of thiocarbonyl (C=S) groups is 1. The highest BCUT2D eigenvalue weighted by molar-refractivity contribution is 7.80. The average Bonchev–Trinajstić information content (AvgIpc) is 1.99. The standard InChI is InChI=1S/C11H24N2S/c1-8(2)7-12-10(14)13-9(3)11(4,5)6/h8-9H,7H2,1-6H3,(H2,12,13,14). The van der Waals surface area contributed by atoms with Crippen molar-refractivity contribution in [3.8, 4) is 0 Å². The Morgan fingerprint density at radius 1 is 1.21 bits per heavy atom. The molecule has 0 aromatic heterocycles. The van der Waals surface area contributed by atoms with Gasteiger partial charge < -0.3 is 10.6 Å². The molecule has 0 saturated carbocycles. The molecule has 0 fully saturated rings. The third-order valence-corrected chi connectivity index (χ3v) is 2.58. The van der Waals surface area contributed by atoms with Crippen LogP contribution >= 0.6 is 12.2 Å². The summed E-state index contributed by atoms with van der Waals surface area (Å²) in [6.07, 6.45) is 0. The molecule has 0 aromatic carbocycles. The van der Waals surface area contributed by atoms with Gasteiger partial charge in [0.2, 0.25) is 0 Å². The third-order valence-electron chi connectivity index (χ3n) is 2.32. The minimum absolute atomic E-state index is 0.240. The summed E-state index contributed by atoms with van der Waals surface area (Å²) >= 11 is 5.20. The molecule has 0 heterocycles. The fourth-order valence-corrected chi connectivity index (χ4v) is 1.02. The lowest BCUT2D eigenvalue weighted by Gasteiger charge is -2.29. The average molecular weight is 216 g/mol. The van der Waals surface area contributed by atoms with Crippen LogP contribution in [0.25, 0.3) is 0 Å². The number of rotatable bonds is 3. The first kappa shape index (κ1) is 13.7. The second kappa shape index (κ2) is 5.54. The van der Waals surface area contributed by atoms with Gasteiger partial charge in [0, 0.05) is 12.6 Å².